The maximum atomic E-state index is 10.7. The molecule has 186 valence electrons. The summed E-state index contributed by atoms with van der Waals surface area (Å²) in [6.45, 7) is 0.821. The van der Waals surface area contributed by atoms with Crippen LogP contribution in [0.3, 0.4) is 0 Å². The van der Waals surface area contributed by atoms with Crippen molar-refractivity contribution in [1.82, 2.24) is 14.5 Å². The van der Waals surface area contributed by atoms with Crippen molar-refractivity contribution in [1.29, 1.82) is 0 Å². The molecule has 0 fully saturated rings. The molecular weight excluding hydrogens is 478 g/mol. The van der Waals surface area contributed by atoms with Gasteiger partial charge in [-0.3, -0.25) is 4.55 Å². The van der Waals surface area contributed by atoms with Gasteiger partial charge in [0.05, 0.1) is 12.0 Å². The van der Waals surface area contributed by atoms with Crippen LogP contribution >= 0.6 is 0 Å². The van der Waals surface area contributed by atoms with Gasteiger partial charge in [0.15, 0.2) is 23.0 Å². The summed E-state index contributed by atoms with van der Waals surface area (Å²) in [6.07, 6.45) is 5.63. The Morgan fingerprint density at radius 1 is 1.14 bits per heavy atom. The second-order valence-electron chi connectivity index (χ2n) is 8.20. The highest BCUT2D eigenvalue weighted by Crippen LogP contribution is 2.41. The lowest BCUT2D eigenvalue weighted by atomic mass is 10.1. The average molecular weight is 504 g/mol. The Morgan fingerprint density at radius 2 is 1.91 bits per heavy atom. The van der Waals surface area contributed by atoms with E-state index in [2.05, 4.69) is 14.1 Å². The van der Waals surface area contributed by atoms with Crippen molar-refractivity contribution >= 4 is 16.5 Å². The van der Waals surface area contributed by atoms with Crippen molar-refractivity contribution in [2.45, 2.75) is 18.8 Å². The third-order valence-electron chi connectivity index (χ3n) is 5.28. The minimum absolute atomic E-state index is 0.245. The van der Waals surface area contributed by atoms with E-state index in [-0.39, 0.29) is 11.5 Å². The Labute approximate surface area is 202 Å². The van der Waals surface area contributed by atoms with Crippen molar-refractivity contribution in [3.8, 4) is 23.0 Å². The molecule has 3 aromatic rings. The first-order valence-electron chi connectivity index (χ1n) is 10.6. The van der Waals surface area contributed by atoms with Crippen LogP contribution in [0.1, 0.15) is 22.9 Å². The smallest absolute Gasteiger partial charge is 0.445 e. The van der Waals surface area contributed by atoms with E-state index >= 15 is 0 Å². The van der Waals surface area contributed by atoms with Crippen molar-refractivity contribution in [2.75, 3.05) is 20.6 Å². The van der Waals surface area contributed by atoms with Crippen LogP contribution in [-0.2, 0) is 21.0 Å². The number of nitrogens with zero attached hydrogens (tertiary/aromatic N) is 3. The Kier molecular flexibility index (Phi) is 6.87. The van der Waals surface area contributed by atoms with Gasteiger partial charge >= 0.3 is 10.4 Å². The van der Waals surface area contributed by atoms with Crippen molar-refractivity contribution in [2.24, 2.45) is 0 Å². The van der Waals surface area contributed by atoms with Gasteiger partial charge in [-0.2, -0.15) is 8.42 Å². The van der Waals surface area contributed by atoms with Crippen molar-refractivity contribution < 1.29 is 36.8 Å². The number of rotatable bonds is 9. The maximum absolute atomic E-state index is 10.7. The molecule has 0 aliphatic carbocycles. The second-order valence-corrected chi connectivity index (χ2v) is 9.24. The minimum Gasteiger partial charge on any atom is -0.504 e. The van der Waals surface area contributed by atoms with Gasteiger partial charge in [-0.15, -0.1) is 0 Å². The van der Waals surface area contributed by atoms with E-state index in [0.29, 0.717) is 22.6 Å². The Balaban J connectivity index is 1.61. The number of hydrogen-bond donors (Lipinski definition) is 3. The average Bonchev–Trinajstić information content (AvgIpc) is 3.41. The fourth-order valence-corrected chi connectivity index (χ4v) is 3.79. The number of phenols is 2. The maximum Gasteiger partial charge on any atom is 0.445 e. The minimum atomic E-state index is -4.59. The van der Waals surface area contributed by atoms with Crippen LogP contribution in [-0.4, -0.2) is 64.6 Å². The summed E-state index contributed by atoms with van der Waals surface area (Å²) < 4.78 is 48.3. The van der Waals surface area contributed by atoms with E-state index in [9.17, 15) is 18.6 Å². The zero-order chi connectivity index (χ0) is 25.2. The summed E-state index contributed by atoms with van der Waals surface area (Å²) in [5.74, 6) is 0.348. The number of benzene rings is 2. The molecule has 0 saturated heterocycles. The summed E-state index contributed by atoms with van der Waals surface area (Å²) in [5, 5.41) is 19.9. The topological polar surface area (TPSA) is 144 Å². The van der Waals surface area contributed by atoms with Crippen LogP contribution in [0.25, 0.3) is 6.08 Å². The lowest BCUT2D eigenvalue weighted by Crippen LogP contribution is -2.31. The molecule has 0 spiro atoms. The summed E-state index contributed by atoms with van der Waals surface area (Å²) in [7, 11) is -0.631. The van der Waals surface area contributed by atoms with E-state index in [0.717, 1.165) is 24.9 Å². The number of ether oxygens (including phenoxy) is 2. The molecule has 0 radical (unpaired) electrons. The summed E-state index contributed by atoms with van der Waals surface area (Å²) in [5.41, 5.74) is 2.04. The van der Waals surface area contributed by atoms with Crippen molar-refractivity contribution in [3.63, 3.8) is 0 Å². The number of imidazole rings is 1. The van der Waals surface area contributed by atoms with Gasteiger partial charge in [0.1, 0.15) is 12.3 Å². The molecule has 1 aliphatic rings. The number of fused-ring (bicyclic) bond motifs is 1. The first kappa shape index (κ1) is 24.4. The normalized spacial score (nSPS) is 16.2. The molecule has 2 atom stereocenters. The molecule has 0 bridgehead atoms. The molecule has 2 heterocycles. The Hall–Kier alpha value is -3.74. The molecule has 0 saturated carbocycles. The number of aromatic nitrogens is 2. The standard InChI is InChI=1S/C23H25N3O8S/c1-25(2)9-7-17-13-26(14-24-17)22(16-4-5-18(27)19(28)12-16)23-33-20-6-3-15(11-21(20)34-23)8-10-32-35(29,30)31/h3-6,8,10-14,22-23,27-28H,7,9H2,1-2H3,(H,29,30,31)/b10-8-/t22-,23+/m0/s1. The van der Waals surface area contributed by atoms with Gasteiger partial charge in [0, 0.05) is 19.2 Å². The second kappa shape index (κ2) is 9.86. The third-order valence-corrected chi connectivity index (χ3v) is 5.64. The molecule has 11 nitrogen and oxygen atoms in total. The molecule has 1 aromatic heterocycles. The number of hydrogen-bond acceptors (Lipinski definition) is 9. The molecule has 0 unspecified atom stereocenters. The first-order chi connectivity index (χ1) is 16.6. The molecule has 3 N–H and O–H groups in total. The number of likely N-dealkylation sites (N-methyl/N-ethyl adjacent to an activating group) is 1. The highest BCUT2D eigenvalue weighted by molar-refractivity contribution is 7.81. The van der Waals surface area contributed by atoms with Crippen LogP contribution in [0.2, 0.25) is 0 Å². The quantitative estimate of drug-likeness (QED) is 0.226. The van der Waals surface area contributed by atoms with Gasteiger partial charge in [0.2, 0.25) is 0 Å². The highest BCUT2D eigenvalue weighted by Gasteiger charge is 2.35. The van der Waals surface area contributed by atoms with Crippen LogP contribution < -0.4 is 9.47 Å². The molecule has 35 heavy (non-hydrogen) atoms. The van der Waals surface area contributed by atoms with Gasteiger partial charge < -0.3 is 33.3 Å². The number of phenolic OH excluding ortho intramolecular Hbond substituents is 2. The molecular formula is C23H25N3O8S. The third kappa shape index (κ3) is 6.04. The van der Waals surface area contributed by atoms with E-state index in [1.165, 1.54) is 18.2 Å². The van der Waals surface area contributed by atoms with Crippen LogP contribution in [0.4, 0.5) is 0 Å². The summed E-state index contributed by atoms with van der Waals surface area (Å²) in [6, 6.07) is 8.88. The summed E-state index contributed by atoms with van der Waals surface area (Å²) >= 11 is 0. The Morgan fingerprint density at radius 3 is 2.63 bits per heavy atom. The summed E-state index contributed by atoms with van der Waals surface area (Å²) in [4.78, 5) is 6.54. The molecule has 4 rings (SSSR count). The SMILES string of the molecule is CN(C)CCc1cn([C@@H](c2ccc(O)c(O)c2)[C@@H]2Oc3ccc(/C=C\OS(=O)(=O)O)cc3O2)cn1. The highest BCUT2D eigenvalue weighted by atomic mass is 32.3. The zero-order valence-corrected chi connectivity index (χ0v) is 19.8. The van der Waals surface area contributed by atoms with E-state index in [1.54, 1.807) is 30.6 Å². The van der Waals surface area contributed by atoms with Crippen LogP contribution in [0.15, 0.2) is 55.2 Å². The van der Waals surface area contributed by atoms with Crippen LogP contribution in [0.5, 0.6) is 23.0 Å². The van der Waals surface area contributed by atoms with Crippen molar-refractivity contribution in [3.05, 3.63) is 72.0 Å². The zero-order valence-electron chi connectivity index (χ0n) is 19.0. The Bertz CT molecular complexity index is 1340. The largest absolute Gasteiger partial charge is 0.504 e. The lowest BCUT2D eigenvalue weighted by Gasteiger charge is -2.24. The molecule has 12 heteroatoms. The van der Waals surface area contributed by atoms with Crippen LogP contribution in [0, 0.1) is 0 Å². The molecule has 0 amide bonds. The molecule has 2 aromatic carbocycles. The monoisotopic (exact) mass is 503 g/mol. The van der Waals surface area contributed by atoms with E-state index in [1.807, 2.05) is 24.9 Å². The van der Waals surface area contributed by atoms with E-state index in [4.69, 9.17) is 14.0 Å². The predicted octanol–water partition coefficient (Wildman–Crippen LogP) is 2.58. The van der Waals surface area contributed by atoms with Gasteiger partial charge in [-0.25, -0.2) is 4.98 Å². The van der Waals surface area contributed by atoms with E-state index < -0.39 is 22.7 Å². The number of aromatic hydroxyl groups is 2. The fraction of sp³-hybridized carbons (Fsp3) is 0.261. The fourth-order valence-electron chi connectivity index (χ4n) is 3.59. The van der Waals surface area contributed by atoms with Gasteiger partial charge in [-0.05, 0) is 55.6 Å². The van der Waals surface area contributed by atoms with Gasteiger partial charge in [-0.1, -0.05) is 12.1 Å². The lowest BCUT2D eigenvalue weighted by molar-refractivity contribution is 0.0148. The predicted molar refractivity (Wildman–Crippen MR) is 126 cm³/mol. The van der Waals surface area contributed by atoms with Gasteiger partial charge in [0.25, 0.3) is 6.29 Å². The molecule has 1 aliphatic heterocycles. The first-order valence-corrected chi connectivity index (χ1v) is 11.9.